The molecule has 132 valence electrons. The molecule has 0 saturated heterocycles. The molecular weight excluding hydrogens is 382 g/mol. The molecular formula is C13H14F2N2O4S3. The van der Waals surface area contributed by atoms with Gasteiger partial charge in [0.1, 0.15) is 15.8 Å². The van der Waals surface area contributed by atoms with Crippen molar-refractivity contribution in [2.24, 2.45) is 0 Å². The van der Waals surface area contributed by atoms with E-state index in [2.05, 4.69) is 4.72 Å². The second-order valence-corrected chi connectivity index (χ2v) is 9.61. The number of anilines is 1. The van der Waals surface area contributed by atoms with Crippen LogP contribution in [-0.4, -0.2) is 36.2 Å². The van der Waals surface area contributed by atoms with Gasteiger partial charge in [-0.25, -0.2) is 30.3 Å². The Balaban J connectivity index is 2.17. The van der Waals surface area contributed by atoms with E-state index in [9.17, 15) is 25.6 Å². The van der Waals surface area contributed by atoms with Crippen molar-refractivity contribution in [2.45, 2.75) is 4.21 Å². The fourth-order valence-electron chi connectivity index (χ4n) is 1.92. The first kappa shape index (κ1) is 18.8. The molecule has 0 aliphatic heterocycles. The first-order chi connectivity index (χ1) is 11.1. The van der Waals surface area contributed by atoms with E-state index >= 15 is 0 Å². The normalized spacial score (nSPS) is 12.3. The van der Waals surface area contributed by atoms with Crippen LogP contribution < -0.4 is 9.03 Å². The molecule has 0 radical (unpaired) electrons. The molecule has 0 saturated carbocycles. The standard InChI is InChI=1S/C13H14F2N2O4S3/c1-23(18,19)17(12-5-4-10(14)9-11(12)15)7-6-16-24(20,21)13-3-2-8-22-13/h2-5,8-9,16H,6-7H2,1H3. The molecule has 6 nitrogen and oxygen atoms in total. The predicted octanol–water partition coefficient (Wildman–Crippen LogP) is 1.77. The van der Waals surface area contributed by atoms with Crippen molar-refractivity contribution in [1.29, 1.82) is 0 Å². The second-order valence-electron chi connectivity index (χ2n) is 4.76. The predicted molar refractivity (Wildman–Crippen MR) is 88.1 cm³/mol. The van der Waals surface area contributed by atoms with Gasteiger partial charge in [-0.1, -0.05) is 6.07 Å². The number of benzene rings is 1. The Bertz CT molecular complexity index is 913. The molecule has 1 aromatic heterocycles. The molecule has 0 aliphatic rings. The lowest BCUT2D eigenvalue weighted by atomic mass is 10.3. The summed E-state index contributed by atoms with van der Waals surface area (Å²) in [6.45, 7) is -0.615. The minimum atomic E-state index is -3.89. The summed E-state index contributed by atoms with van der Waals surface area (Å²) in [5, 5.41) is 1.59. The summed E-state index contributed by atoms with van der Waals surface area (Å²) < 4.78 is 77.5. The lowest BCUT2D eigenvalue weighted by molar-refractivity contribution is 0.571. The Morgan fingerprint density at radius 1 is 1.17 bits per heavy atom. The highest BCUT2D eigenvalue weighted by molar-refractivity contribution is 7.92. The monoisotopic (exact) mass is 396 g/mol. The van der Waals surface area contributed by atoms with Crippen molar-refractivity contribution in [2.75, 3.05) is 23.7 Å². The minimum Gasteiger partial charge on any atom is -0.266 e. The number of halogens is 2. The molecule has 0 spiro atoms. The number of thiophene rings is 1. The van der Waals surface area contributed by atoms with E-state index in [-0.39, 0.29) is 23.0 Å². The first-order valence-electron chi connectivity index (χ1n) is 6.57. The Morgan fingerprint density at radius 3 is 2.42 bits per heavy atom. The fourth-order valence-corrected chi connectivity index (χ4v) is 4.90. The van der Waals surface area contributed by atoms with Gasteiger partial charge >= 0.3 is 0 Å². The van der Waals surface area contributed by atoms with Gasteiger partial charge < -0.3 is 0 Å². The zero-order chi connectivity index (χ0) is 18.0. The van der Waals surface area contributed by atoms with Crippen LogP contribution in [0.5, 0.6) is 0 Å². The van der Waals surface area contributed by atoms with Crippen molar-refractivity contribution in [3.8, 4) is 0 Å². The zero-order valence-corrected chi connectivity index (χ0v) is 14.9. The highest BCUT2D eigenvalue weighted by Crippen LogP contribution is 2.22. The number of nitrogens with one attached hydrogen (secondary N) is 1. The van der Waals surface area contributed by atoms with Gasteiger partial charge in [-0.2, -0.15) is 0 Å². The average Bonchev–Trinajstić information content (AvgIpc) is 2.98. The van der Waals surface area contributed by atoms with E-state index in [1.807, 2.05) is 0 Å². The van der Waals surface area contributed by atoms with Crippen LogP contribution in [0.1, 0.15) is 0 Å². The molecule has 11 heteroatoms. The molecule has 0 amide bonds. The summed E-state index contributed by atoms with van der Waals surface area (Å²) in [7, 11) is -7.65. The van der Waals surface area contributed by atoms with Crippen LogP contribution in [-0.2, 0) is 20.0 Å². The summed E-state index contributed by atoms with van der Waals surface area (Å²) in [5.74, 6) is -1.90. The van der Waals surface area contributed by atoms with E-state index in [1.165, 1.54) is 6.07 Å². The third-order valence-corrected chi connectivity index (χ3v) is 6.98. The Labute approximate surface area is 142 Å². The summed E-state index contributed by atoms with van der Waals surface area (Å²) in [6.07, 6.45) is 0.851. The van der Waals surface area contributed by atoms with Gasteiger partial charge in [-0.05, 0) is 23.6 Å². The molecule has 1 N–H and O–H groups in total. The number of hydrogen-bond donors (Lipinski definition) is 1. The van der Waals surface area contributed by atoms with E-state index in [0.717, 1.165) is 29.7 Å². The van der Waals surface area contributed by atoms with Crippen LogP contribution in [0.25, 0.3) is 0 Å². The van der Waals surface area contributed by atoms with Crippen molar-refractivity contribution in [3.05, 3.63) is 47.3 Å². The number of hydrogen-bond acceptors (Lipinski definition) is 5. The van der Waals surface area contributed by atoms with Crippen LogP contribution in [0.4, 0.5) is 14.5 Å². The summed E-state index contributed by atoms with van der Waals surface area (Å²) in [4.78, 5) is 0. The molecule has 0 fully saturated rings. The van der Waals surface area contributed by atoms with E-state index in [0.29, 0.717) is 10.4 Å². The molecule has 1 heterocycles. The Kier molecular flexibility index (Phi) is 5.58. The van der Waals surface area contributed by atoms with Gasteiger partial charge in [-0.3, -0.25) is 4.31 Å². The molecule has 0 atom stereocenters. The molecule has 0 bridgehead atoms. The summed E-state index contributed by atoms with van der Waals surface area (Å²) >= 11 is 1.01. The van der Waals surface area contributed by atoms with Crippen LogP contribution in [0, 0.1) is 11.6 Å². The molecule has 24 heavy (non-hydrogen) atoms. The highest BCUT2D eigenvalue weighted by atomic mass is 32.2. The average molecular weight is 396 g/mol. The van der Waals surface area contributed by atoms with Gasteiger partial charge in [0.25, 0.3) is 0 Å². The number of nitrogens with zero attached hydrogens (tertiary/aromatic N) is 1. The molecule has 0 aliphatic carbocycles. The minimum absolute atomic E-state index is 0.0846. The van der Waals surface area contributed by atoms with Gasteiger partial charge in [-0.15, -0.1) is 11.3 Å². The van der Waals surface area contributed by atoms with Gasteiger partial charge in [0, 0.05) is 19.2 Å². The van der Waals surface area contributed by atoms with Gasteiger partial charge in [0.05, 0.1) is 11.9 Å². The number of sulfonamides is 2. The quantitative estimate of drug-likeness (QED) is 0.773. The van der Waals surface area contributed by atoms with E-state index in [1.54, 1.807) is 11.4 Å². The van der Waals surface area contributed by atoms with Gasteiger partial charge in [0.2, 0.25) is 20.0 Å². The van der Waals surface area contributed by atoms with Crippen LogP contribution in [0.2, 0.25) is 0 Å². The largest absolute Gasteiger partial charge is 0.266 e. The van der Waals surface area contributed by atoms with Crippen molar-refractivity contribution < 1.29 is 25.6 Å². The van der Waals surface area contributed by atoms with E-state index in [4.69, 9.17) is 0 Å². The molecule has 2 rings (SSSR count). The van der Waals surface area contributed by atoms with E-state index < -0.39 is 31.7 Å². The summed E-state index contributed by atoms with van der Waals surface area (Å²) in [5.41, 5.74) is -0.353. The Morgan fingerprint density at radius 2 is 1.88 bits per heavy atom. The number of rotatable bonds is 7. The van der Waals surface area contributed by atoms with Crippen molar-refractivity contribution in [1.82, 2.24) is 4.72 Å². The molecule has 1 aromatic carbocycles. The lowest BCUT2D eigenvalue weighted by Crippen LogP contribution is -2.38. The first-order valence-corrected chi connectivity index (χ1v) is 10.8. The smallest absolute Gasteiger partial charge is 0.250 e. The van der Waals surface area contributed by atoms with Crippen LogP contribution in [0.15, 0.2) is 39.9 Å². The third kappa shape index (κ3) is 4.50. The van der Waals surface area contributed by atoms with Crippen molar-refractivity contribution >= 4 is 37.1 Å². The Hall–Kier alpha value is -1.56. The van der Waals surface area contributed by atoms with Crippen LogP contribution in [0.3, 0.4) is 0 Å². The second kappa shape index (κ2) is 7.13. The topological polar surface area (TPSA) is 83.6 Å². The maximum Gasteiger partial charge on any atom is 0.250 e. The highest BCUT2D eigenvalue weighted by Gasteiger charge is 2.22. The zero-order valence-electron chi connectivity index (χ0n) is 12.4. The molecule has 0 unspecified atom stereocenters. The SMILES string of the molecule is CS(=O)(=O)N(CCNS(=O)(=O)c1cccs1)c1ccc(F)cc1F. The maximum atomic E-state index is 13.8. The molecule has 2 aromatic rings. The maximum absolute atomic E-state index is 13.8. The third-order valence-electron chi connectivity index (χ3n) is 2.95. The fraction of sp³-hybridized carbons (Fsp3) is 0.231. The lowest BCUT2D eigenvalue weighted by Gasteiger charge is -2.23. The summed E-state index contributed by atoms with van der Waals surface area (Å²) in [6, 6.07) is 5.44. The van der Waals surface area contributed by atoms with Gasteiger partial charge in [0.15, 0.2) is 0 Å². The van der Waals surface area contributed by atoms with Crippen LogP contribution >= 0.6 is 11.3 Å². The van der Waals surface area contributed by atoms with Crippen molar-refractivity contribution in [3.63, 3.8) is 0 Å².